The van der Waals surface area contributed by atoms with Crippen molar-refractivity contribution < 1.29 is 27.6 Å². The van der Waals surface area contributed by atoms with E-state index in [1.54, 1.807) is 0 Å². The van der Waals surface area contributed by atoms with Gasteiger partial charge in [0.25, 0.3) is 5.91 Å². The molecule has 0 unspecified atom stereocenters. The Morgan fingerprint density at radius 1 is 0.811 bits per heavy atom. The Morgan fingerprint density at radius 2 is 1.43 bits per heavy atom. The highest BCUT2D eigenvalue weighted by Crippen LogP contribution is 2.65. The maximum Gasteiger partial charge on any atom is 0.258 e. The molecule has 0 bridgehead atoms. The average Bonchev–Trinajstić information content (AvgIpc) is 3.40. The highest BCUT2D eigenvalue weighted by Gasteiger charge is 2.67. The van der Waals surface area contributed by atoms with Crippen molar-refractivity contribution in [3.05, 3.63) is 88.2 Å². The van der Waals surface area contributed by atoms with Crippen LogP contribution in [0.4, 0.5) is 30.2 Å². The third-order valence-electron chi connectivity index (χ3n) is 5.64. The number of benzene rings is 3. The second-order valence-corrected chi connectivity index (χ2v) is 10.2. The SMILES string of the molecule is CC(=O)Nc1ccc(NC(=O)c2cc(NC(=O)[C@H]3[C@H](c4ccc(F)c(Cl)c4)C3(Cl)Cl)cc(F)c2F)cc1. The van der Waals surface area contributed by atoms with Gasteiger partial charge in [0.15, 0.2) is 11.6 Å². The number of nitrogens with one attached hydrogen (secondary N) is 3. The van der Waals surface area contributed by atoms with Gasteiger partial charge in [-0.15, -0.1) is 23.2 Å². The minimum atomic E-state index is -1.55. The normalized spacial score (nSPS) is 17.6. The van der Waals surface area contributed by atoms with Gasteiger partial charge in [-0.3, -0.25) is 14.4 Å². The van der Waals surface area contributed by atoms with Crippen LogP contribution in [0.2, 0.25) is 5.02 Å². The van der Waals surface area contributed by atoms with Crippen molar-refractivity contribution in [1.82, 2.24) is 0 Å². The zero-order chi connectivity index (χ0) is 27.1. The summed E-state index contributed by atoms with van der Waals surface area (Å²) in [5.41, 5.74) is 0.278. The van der Waals surface area contributed by atoms with Crippen LogP contribution in [-0.2, 0) is 9.59 Å². The van der Waals surface area contributed by atoms with Crippen molar-refractivity contribution >= 4 is 69.6 Å². The smallest absolute Gasteiger partial charge is 0.258 e. The van der Waals surface area contributed by atoms with Crippen LogP contribution in [0.5, 0.6) is 0 Å². The quantitative estimate of drug-likeness (QED) is 0.296. The summed E-state index contributed by atoms with van der Waals surface area (Å²) in [7, 11) is 0. The summed E-state index contributed by atoms with van der Waals surface area (Å²) < 4.78 is 40.7. The Kier molecular flexibility index (Phi) is 7.41. The van der Waals surface area contributed by atoms with Gasteiger partial charge in [0, 0.05) is 36.0 Å². The van der Waals surface area contributed by atoms with Crippen molar-refractivity contribution in [3.63, 3.8) is 0 Å². The molecule has 192 valence electrons. The molecule has 1 saturated carbocycles. The van der Waals surface area contributed by atoms with Crippen molar-refractivity contribution in [1.29, 1.82) is 0 Å². The third-order valence-corrected chi connectivity index (χ3v) is 6.87. The predicted molar refractivity (Wildman–Crippen MR) is 136 cm³/mol. The van der Waals surface area contributed by atoms with Crippen LogP contribution < -0.4 is 16.0 Å². The molecule has 3 aromatic carbocycles. The lowest BCUT2D eigenvalue weighted by Crippen LogP contribution is -2.19. The lowest BCUT2D eigenvalue weighted by molar-refractivity contribution is -0.117. The van der Waals surface area contributed by atoms with E-state index in [0.29, 0.717) is 17.3 Å². The highest BCUT2D eigenvalue weighted by molar-refractivity contribution is 6.53. The molecule has 12 heteroatoms. The maximum atomic E-state index is 14.4. The number of rotatable bonds is 6. The number of alkyl halides is 2. The fourth-order valence-corrected chi connectivity index (χ4v) is 4.88. The molecule has 0 aliphatic heterocycles. The minimum Gasteiger partial charge on any atom is -0.326 e. The molecule has 37 heavy (non-hydrogen) atoms. The first-order valence-electron chi connectivity index (χ1n) is 10.7. The molecule has 6 nitrogen and oxygen atoms in total. The Bertz CT molecular complexity index is 1420. The van der Waals surface area contributed by atoms with Gasteiger partial charge in [-0.2, -0.15) is 0 Å². The molecule has 1 aliphatic carbocycles. The molecular formula is C25H17Cl3F3N3O3. The molecule has 1 aliphatic rings. The summed E-state index contributed by atoms with van der Waals surface area (Å²) in [6.45, 7) is 1.33. The van der Waals surface area contributed by atoms with Gasteiger partial charge in [-0.1, -0.05) is 17.7 Å². The fraction of sp³-hybridized carbons (Fsp3) is 0.160. The van der Waals surface area contributed by atoms with E-state index in [-0.39, 0.29) is 22.3 Å². The van der Waals surface area contributed by atoms with Crippen LogP contribution in [0.3, 0.4) is 0 Å². The number of anilines is 3. The standard InChI is InChI=1S/C25H17Cl3F3N3O3/c1-11(35)32-13-3-5-14(6-4-13)33-23(36)16-9-15(10-19(30)22(16)31)34-24(37)21-20(25(21,27)28)12-2-7-18(29)17(26)8-12/h2-10,20-21H,1H3,(H,32,35)(H,33,36)(H,34,37)/t20-,21+/m0/s1. The fourth-order valence-electron chi connectivity index (χ4n) is 3.86. The maximum absolute atomic E-state index is 14.4. The molecule has 0 heterocycles. The molecule has 2 atom stereocenters. The van der Waals surface area contributed by atoms with Crippen molar-refractivity contribution in [2.45, 2.75) is 17.2 Å². The van der Waals surface area contributed by atoms with Gasteiger partial charge >= 0.3 is 0 Å². The number of carbonyl (C=O) groups is 3. The Morgan fingerprint density at radius 3 is 2.03 bits per heavy atom. The van der Waals surface area contributed by atoms with Crippen LogP contribution >= 0.6 is 34.8 Å². The minimum absolute atomic E-state index is 0.172. The number of hydrogen-bond donors (Lipinski definition) is 3. The van der Waals surface area contributed by atoms with E-state index in [1.807, 2.05) is 0 Å². The van der Waals surface area contributed by atoms with E-state index in [4.69, 9.17) is 34.8 Å². The summed E-state index contributed by atoms with van der Waals surface area (Å²) in [6, 6.07) is 11.4. The first-order valence-corrected chi connectivity index (χ1v) is 11.8. The molecular weight excluding hydrogens is 554 g/mol. The molecule has 3 amide bonds. The van der Waals surface area contributed by atoms with Gasteiger partial charge in [0.05, 0.1) is 16.5 Å². The van der Waals surface area contributed by atoms with Gasteiger partial charge in [0.2, 0.25) is 11.8 Å². The summed E-state index contributed by atoms with van der Waals surface area (Å²) in [5.74, 6) is -7.17. The monoisotopic (exact) mass is 569 g/mol. The van der Waals surface area contributed by atoms with Crippen LogP contribution in [0.1, 0.15) is 28.8 Å². The summed E-state index contributed by atoms with van der Waals surface area (Å²) >= 11 is 18.4. The Hall–Kier alpha value is -3.27. The second-order valence-electron chi connectivity index (χ2n) is 8.32. The zero-order valence-electron chi connectivity index (χ0n) is 18.8. The highest BCUT2D eigenvalue weighted by atomic mass is 35.5. The molecule has 3 N–H and O–H groups in total. The lowest BCUT2D eigenvalue weighted by Gasteiger charge is -2.11. The second kappa shape index (κ2) is 10.2. The first-order chi connectivity index (χ1) is 17.4. The van der Waals surface area contributed by atoms with E-state index >= 15 is 0 Å². The van der Waals surface area contributed by atoms with E-state index in [0.717, 1.165) is 12.1 Å². The number of carbonyl (C=O) groups excluding carboxylic acids is 3. The van der Waals surface area contributed by atoms with Gasteiger partial charge < -0.3 is 16.0 Å². The molecule has 3 aromatic rings. The van der Waals surface area contributed by atoms with Crippen LogP contribution in [0, 0.1) is 23.4 Å². The van der Waals surface area contributed by atoms with Crippen molar-refractivity contribution in [2.24, 2.45) is 5.92 Å². The molecule has 0 radical (unpaired) electrons. The van der Waals surface area contributed by atoms with Crippen LogP contribution in [0.15, 0.2) is 54.6 Å². The number of halogens is 6. The summed E-state index contributed by atoms with van der Waals surface area (Å²) in [5, 5.41) is 7.20. The third kappa shape index (κ3) is 5.69. The van der Waals surface area contributed by atoms with Crippen molar-refractivity contribution in [2.75, 3.05) is 16.0 Å². The van der Waals surface area contributed by atoms with E-state index in [1.165, 1.54) is 43.3 Å². The Balaban J connectivity index is 1.50. The van der Waals surface area contributed by atoms with Crippen LogP contribution in [-0.4, -0.2) is 22.1 Å². The number of hydrogen-bond acceptors (Lipinski definition) is 3. The van der Waals surface area contributed by atoms with Gasteiger partial charge in [0.1, 0.15) is 10.2 Å². The summed E-state index contributed by atoms with van der Waals surface area (Å²) in [4.78, 5) is 36.6. The van der Waals surface area contributed by atoms with Gasteiger partial charge in [-0.05, 0) is 48.0 Å². The predicted octanol–water partition coefficient (Wildman–Crippen LogP) is 6.49. The number of amides is 3. The molecule has 1 fully saturated rings. The zero-order valence-corrected chi connectivity index (χ0v) is 21.1. The lowest BCUT2D eigenvalue weighted by atomic mass is 10.1. The van der Waals surface area contributed by atoms with E-state index < -0.39 is 51.0 Å². The van der Waals surface area contributed by atoms with Crippen LogP contribution in [0.25, 0.3) is 0 Å². The van der Waals surface area contributed by atoms with E-state index in [2.05, 4.69) is 16.0 Å². The first kappa shape index (κ1) is 26.8. The molecule has 4 rings (SSSR count). The summed E-state index contributed by atoms with van der Waals surface area (Å²) in [6.07, 6.45) is 0. The average molecular weight is 571 g/mol. The van der Waals surface area contributed by atoms with Gasteiger partial charge in [-0.25, -0.2) is 13.2 Å². The van der Waals surface area contributed by atoms with E-state index in [9.17, 15) is 27.6 Å². The Labute approximate surface area is 224 Å². The topological polar surface area (TPSA) is 87.3 Å². The molecule has 0 aromatic heterocycles. The molecule has 0 spiro atoms. The molecule has 0 saturated heterocycles. The van der Waals surface area contributed by atoms with Crippen molar-refractivity contribution in [3.8, 4) is 0 Å². The largest absolute Gasteiger partial charge is 0.326 e.